The molecule has 0 saturated heterocycles. The molecule has 0 bridgehead atoms. The van der Waals surface area contributed by atoms with Crippen molar-refractivity contribution in [1.29, 1.82) is 0 Å². The predicted molar refractivity (Wildman–Crippen MR) is 102 cm³/mol. The van der Waals surface area contributed by atoms with Gasteiger partial charge in [-0.2, -0.15) is 0 Å². The van der Waals surface area contributed by atoms with Gasteiger partial charge in [-0.25, -0.2) is 0 Å². The predicted octanol–water partition coefficient (Wildman–Crippen LogP) is 3.94. The van der Waals surface area contributed by atoms with Crippen LogP contribution < -0.4 is 11.1 Å². The summed E-state index contributed by atoms with van der Waals surface area (Å²) in [5.74, 6) is 0.186. The third-order valence-corrected chi connectivity index (χ3v) is 6.55. The van der Waals surface area contributed by atoms with Gasteiger partial charge in [-0.1, -0.05) is 18.1 Å². The second-order valence-electron chi connectivity index (χ2n) is 6.43. The molecule has 1 atom stereocenters. The molecule has 26 heavy (non-hydrogen) atoms. The average molecular weight is 387 g/mol. The molecule has 8 heteroatoms. The van der Waals surface area contributed by atoms with E-state index in [-0.39, 0.29) is 5.69 Å². The maximum Gasteiger partial charge on any atom is 0.278 e. The number of carbonyl (C=O) groups excluding carboxylic acids is 2. The minimum Gasteiger partial charge on any atom is -0.365 e. The Morgan fingerprint density at radius 1 is 1.42 bits per heavy atom. The lowest BCUT2D eigenvalue weighted by atomic mass is 9.88. The zero-order chi connectivity index (χ0) is 18.3. The number of thiophene rings is 2. The van der Waals surface area contributed by atoms with E-state index in [0.29, 0.717) is 22.2 Å². The van der Waals surface area contributed by atoms with Gasteiger partial charge in [-0.3, -0.25) is 9.59 Å². The molecule has 0 radical (unpaired) electrons. The normalized spacial score (nSPS) is 16.3. The van der Waals surface area contributed by atoms with Gasteiger partial charge in [0.05, 0.1) is 10.4 Å². The summed E-state index contributed by atoms with van der Waals surface area (Å²) in [4.78, 5) is 26.6. The zero-order valence-electron chi connectivity index (χ0n) is 14.1. The summed E-state index contributed by atoms with van der Waals surface area (Å²) >= 11 is 2.94. The molecule has 1 aliphatic rings. The number of nitrogens with one attached hydrogen (secondary N) is 1. The number of amides is 2. The third kappa shape index (κ3) is 3.06. The van der Waals surface area contributed by atoms with E-state index in [9.17, 15) is 9.59 Å². The number of rotatable bonds is 4. The van der Waals surface area contributed by atoms with Crippen molar-refractivity contribution in [1.82, 2.24) is 5.16 Å². The fraction of sp³-hybridized carbons (Fsp3) is 0.278. The van der Waals surface area contributed by atoms with Gasteiger partial charge in [-0.15, -0.1) is 22.7 Å². The standard InChI is InChI=1S/C18H17N3O3S2/c1-9-4-5-10-14(7-9)26-18(15(10)16(19)22)20-17(23)11-8-12(24-21-11)13-3-2-6-25-13/h2-3,6,8-9H,4-5,7H2,1H3,(H2,19,22)(H,20,23)/t9-/m1/s1. The summed E-state index contributed by atoms with van der Waals surface area (Å²) < 4.78 is 5.25. The molecule has 6 nitrogen and oxygen atoms in total. The minimum absolute atomic E-state index is 0.170. The molecule has 0 aromatic carbocycles. The highest BCUT2D eigenvalue weighted by atomic mass is 32.1. The number of hydrogen-bond acceptors (Lipinski definition) is 6. The number of carbonyl (C=O) groups is 2. The molecular weight excluding hydrogens is 370 g/mol. The molecule has 4 rings (SSSR count). The van der Waals surface area contributed by atoms with Gasteiger partial charge in [-0.05, 0) is 42.2 Å². The van der Waals surface area contributed by atoms with Crippen molar-refractivity contribution in [2.24, 2.45) is 11.7 Å². The molecule has 134 valence electrons. The number of nitrogens with zero attached hydrogens (tertiary/aromatic N) is 1. The van der Waals surface area contributed by atoms with Crippen LogP contribution in [0.3, 0.4) is 0 Å². The van der Waals surface area contributed by atoms with Crippen LogP contribution in [0, 0.1) is 5.92 Å². The molecule has 0 unspecified atom stereocenters. The van der Waals surface area contributed by atoms with Gasteiger partial charge in [0, 0.05) is 10.9 Å². The summed E-state index contributed by atoms with van der Waals surface area (Å²) in [6, 6.07) is 5.39. The molecule has 3 N–H and O–H groups in total. The molecule has 3 aromatic rings. The van der Waals surface area contributed by atoms with E-state index in [2.05, 4.69) is 17.4 Å². The van der Waals surface area contributed by atoms with Crippen molar-refractivity contribution in [2.75, 3.05) is 5.32 Å². The summed E-state index contributed by atoms with van der Waals surface area (Å²) in [6.45, 7) is 2.19. The number of fused-ring (bicyclic) bond motifs is 1. The summed E-state index contributed by atoms with van der Waals surface area (Å²) in [7, 11) is 0. The van der Waals surface area contributed by atoms with Crippen LogP contribution in [0.5, 0.6) is 0 Å². The molecular formula is C18H17N3O3S2. The van der Waals surface area contributed by atoms with E-state index in [1.54, 1.807) is 6.07 Å². The van der Waals surface area contributed by atoms with Crippen LogP contribution >= 0.6 is 22.7 Å². The third-order valence-electron chi connectivity index (χ3n) is 4.49. The van der Waals surface area contributed by atoms with Crippen molar-refractivity contribution < 1.29 is 14.1 Å². The van der Waals surface area contributed by atoms with Crippen LogP contribution in [0.25, 0.3) is 10.6 Å². The number of aromatic nitrogens is 1. The highest BCUT2D eigenvalue weighted by Gasteiger charge is 2.28. The Labute approximate surface area is 158 Å². The molecule has 2 amide bonds. The highest BCUT2D eigenvalue weighted by Crippen LogP contribution is 2.39. The lowest BCUT2D eigenvalue weighted by Gasteiger charge is -2.18. The Kier molecular flexibility index (Phi) is 4.37. The van der Waals surface area contributed by atoms with Gasteiger partial charge in [0.25, 0.3) is 11.8 Å². The number of anilines is 1. The topological polar surface area (TPSA) is 98.2 Å². The van der Waals surface area contributed by atoms with Gasteiger partial charge >= 0.3 is 0 Å². The molecule has 0 spiro atoms. The fourth-order valence-electron chi connectivity index (χ4n) is 3.18. The van der Waals surface area contributed by atoms with Crippen LogP contribution in [0.4, 0.5) is 5.00 Å². The van der Waals surface area contributed by atoms with E-state index in [4.69, 9.17) is 10.3 Å². The van der Waals surface area contributed by atoms with Crippen molar-refractivity contribution in [3.8, 4) is 10.6 Å². The minimum atomic E-state index is -0.508. The molecule has 1 aliphatic carbocycles. The smallest absolute Gasteiger partial charge is 0.278 e. The largest absolute Gasteiger partial charge is 0.365 e. The van der Waals surface area contributed by atoms with Crippen LogP contribution in [0.2, 0.25) is 0 Å². The Hall–Kier alpha value is -2.45. The molecule has 0 aliphatic heterocycles. The Balaban J connectivity index is 1.61. The average Bonchev–Trinajstić information content (AvgIpc) is 3.32. The molecule has 3 heterocycles. The SMILES string of the molecule is C[C@@H]1CCc2c(sc(NC(=O)c3cc(-c4cccs4)on3)c2C(N)=O)C1. The van der Waals surface area contributed by atoms with E-state index in [1.165, 1.54) is 22.7 Å². The monoisotopic (exact) mass is 387 g/mol. The van der Waals surface area contributed by atoms with Crippen LogP contribution in [0.1, 0.15) is 44.6 Å². The first-order chi connectivity index (χ1) is 12.5. The zero-order valence-corrected chi connectivity index (χ0v) is 15.7. The first-order valence-electron chi connectivity index (χ1n) is 8.29. The maximum absolute atomic E-state index is 12.6. The van der Waals surface area contributed by atoms with Gasteiger partial charge in [0.1, 0.15) is 5.00 Å². The van der Waals surface area contributed by atoms with Crippen LogP contribution in [0.15, 0.2) is 28.1 Å². The second-order valence-corrected chi connectivity index (χ2v) is 8.48. The number of primary amides is 1. The van der Waals surface area contributed by atoms with E-state index in [0.717, 1.165) is 34.6 Å². The summed E-state index contributed by atoms with van der Waals surface area (Å²) in [5.41, 5.74) is 7.17. The van der Waals surface area contributed by atoms with Crippen LogP contribution in [-0.2, 0) is 12.8 Å². The lowest BCUT2D eigenvalue weighted by Crippen LogP contribution is -2.19. The van der Waals surface area contributed by atoms with Crippen LogP contribution in [-0.4, -0.2) is 17.0 Å². The first kappa shape index (κ1) is 17.0. The highest BCUT2D eigenvalue weighted by molar-refractivity contribution is 7.17. The van der Waals surface area contributed by atoms with Crippen molar-refractivity contribution in [3.63, 3.8) is 0 Å². The first-order valence-corrected chi connectivity index (χ1v) is 9.99. The Bertz CT molecular complexity index is 972. The summed E-state index contributed by atoms with van der Waals surface area (Å²) in [6.07, 6.45) is 2.74. The van der Waals surface area contributed by atoms with E-state index < -0.39 is 11.8 Å². The van der Waals surface area contributed by atoms with E-state index in [1.807, 2.05) is 17.5 Å². The quantitative estimate of drug-likeness (QED) is 0.708. The number of hydrogen-bond donors (Lipinski definition) is 2. The van der Waals surface area contributed by atoms with Crippen molar-refractivity contribution >= 4 is 39.5 Å². The van der Waals surface area contributed by atoms with Gasteiger partial charge in [0.15, 0.2) is 11.5 Å². The van der Waals surface area contributed by atoms with E-state index >= 15 is 0 Å². The van der Waals surface area contributed by atoms with Crippen molar-refractivity contribution in [2.45, 2.75) is 26.2 Å². The Morgan fingerprint density at radius 2 is 2.27 bits per heavy atom. The number of nitrogens with two attached hydrogens (primary N) is 1. The lowest BCUT2D eigenvalue weighted by molar-refractivity contribution is 0.1000. The van der Waals surface area contributed by atoms with Crippen molar-refractivity contribution in [3.05, 3.63) is 45.3 Å². The van der Waals surface area contributed by atoms with Gasteiger partial charge in [0.2, 0.25) is 0 Å². The molecule has 0 fully saturated rings. The maximum atomic E-state index is 12.6. The molecule has 0 saturated carbocycles. The molecule has 3 aromatic heterocycles. The van der Waals surface area contributed by atoms with Gasteiger partial charge < -0.3 is 15.6 Å². The summed E-state index contributed by atoms with van der Waals surface area (Å²) in [5, 5.41) is 9.07. The second kappa shape index (κ2) is 6.69. The fourth-order valence-corrected chi connectivity index (χ4v) is 5.27. The Morgan fingerprint density at radius 3 is 3.00 bits per heavy atom.